The van der Waals surface area contributed by atoms with Crippen molar-refractivity contribution in [3.8, 4) is 0 Å². The lowest BCUT2D eigenvalue weighted by atomic mass is 10.0. The maximum atomic E-state index is 12.9. The average Bonchev–Trinajstić information content (AvgIpc) is 3.44. The molecule has 2 atom stereocenters. The molecule has 0 amide bonds. The summed E-state index contributed by atoms with van der Waals surface area (Å²) >= 11 is 0. The number of aliphatic carboxylic acids is 1. The van der Waals surface area contributed by atoms with Crippen LogP contribution in [0.4, 0.5) is 0 Å². The lowest BCUT2D eigenvalue weighted by molar-refractivity contribution is -0.870. The number of rotatable bonds is 58. The Morgan fingerprint density at radius 2 is 0.667 bits per heavy atom. The monoisotopic (exact) mass is 1130 g/mol. The Morgan fingerprint density at radius 1 is 0.370 bits per heavy atom. The molecular weight excluding hydrogens is 1010 g/mol. The fourth-order valence-electron chi connectivity index (χ4n) is 8.51. The number of hydrogen-bond acceptors (Lipinski definition) is 8. The van der Waals surface area contributed by atoms with Crippen LogP contribution in [-0.2, 0) is 33.3 Å². The van der Waals surface area contributed by atoms with E-state index in [1.54, 1.807) is 0 Å². The maximum absolute atomic E-state index is 12.9. The number of carbonyl (C=O) groups excluding carboxylic acids is 3. The van der Waals surface area contributed by atoms with E-state index in [4.69, 9.17) is 18.9 Å². The molecule has 0 aliphatic carbocycles. The minimum Gasteiger partial charge on any atom is -0.545 e. The first-order chi connectivity index (χ1) is 39.6. The van der Waals surface area contributed by atoms with Crippen molar-refractivity contribution in [3.63, 3.8) is 0 Å². The number of nitrogens with zero attached hydrogens (tertiary/aromatic N) is 1. The van der Waals surface area contributed by atoms with Crippen molar-refractivity contribution in [3.05, 3.63) is 134 Å². The van der Waals surface area contributed by atoms with Crippen molar-refractivity contribution in [1.82, 2.24) is 0 Å². The van der Waals surface area contributed by atoms with Gasteiger partial charge in [-0.3, -0.25) is 9.59 Å². The number of carboxylic acids is 1. The van der Waals surface area contributed by atoms with E-state index in [0.717, 1.165) is 116 Å². The van der Waals surface area contributed by atoms with Gasteiger partial charge in [0, 0.05) is 12.8 Å². The van der Waals surface area contributed by atoms with E-state index in [2.05, 4.69) is 148 Å². The molecule has 0 radical (unpaired) electrons. The molecule has 0 fully saturated rings. The topological polar surface area (TPSA) is 111 Å². The van der Waals surface area contributed by atoms with Crippen molar-refractivity contribution < 1.29 is 42.9 Å². The Kier molecular flexibility index (Phi) is 58.0. The Balaban J connectivity index is 4.22. The molecule has 0 aliphatic rings. The smallest absolute Gasteiger partial charge is 0.306 e. The summed E-state index contributed by atoms with van der Waals surface area (Å²) in [5.41, 5.74) is 0. The number of hydrogen-bond donors (Lipinski definition) is 0. The van der Waals surface area contributed by atoms with Crippen LogP contribution in [0.15, 0.2) is 134 Å². The van der Waals surface area contributed by atoms with Gasteiger partial charge < -0.3 is 33.3 Å². The molecule has 9 nitrogen and oxygen atoms in total. The Morgan fingerprint density at radius 3 is 0.988 bits per heavy atom. The van der Waals surface area contributed by atoms with Gasteiger partial charge >= 0.3 is 11.9 Å². The minimum absolute atomic E-state index is 0.139. The molecule has 0 heterocycles. The van der Waals surface area contributed by atoms with Gasteiger partial charge in [-0.15, -0.1) is 0 Å². The average molecular weight is 1130 g/mol. The maximum Gasteiger partial charge on any atom is 0.306 e. The van der Waals surface area contributed by atoms with E-state index < -0.39 is 24.3 Å². The second-order valence-corrected chi connectivity index (χ2v) is 22.3. The number of carbonyl (C=O) groups is 3. The Hall–Kier alpha value is -4.57. The second-order valence-electron chi connectivity index (χ2n) is 22.3. The summed E-state index contributed by atoms with van der Waals surface area (Å²) < 4.78 is 22.8. The van der Waals surface area contributed by atoms with Crippen LogP contribution >= 0.6 is 0 Å². The highest BCUT2D eigenvalue weighted by molar-refractivity contribution is 5.70. The normalized spacial score (nSPS) is 13.6. The fourth-order valence-corrected chi connectivity index (χ4v) is 8.51. The highest BCUT2D eigenvalue weighted by Gasteiger charge is 2.22. The van der Waals surface area contributed by atoms with Crippen LogP contribution in [0.5, 0.6) is 0 Å². The predicted octanol–water partition coefficient (Wildman–Crippen LogP) is 18.5. The number of unbranched alkanes of at least 4 members (excludes halogenated alkanes) is 21. The second kappa shape index (κ2) is 61.5. The molecule has 2 unspecified atom stereocenters. The van der Waals surface area contributed by atoms with Gasteiger partial charge in [0.2, 0.25) is 0 Å². The third-order valence-electron chi connectivity index (χ3n) is 13.4. The molecule has 0 spiro atoms. The van der Waals surface area contributed by atoms with Crippen molar-refractivity contribution in [2.45, 2.75) is 257 Å². The van der Waals surface area contributed by atoms with Gasteiger partial charge in [0.15, 0.2) is 12.4 Å². The van der Waals surface area contributed by atoms with Crippen molar-refractivity contribution in [1.29, 1.82) is 0 Å². The van der Waals surface area contributed by atoms with E-state index in [9.17, 15) is 19.5 Å². The van der Waals surface area contributed by atoms with E-state index in [1.165, 1.54) is 96.3 Å². The van der Waals surface area contributed by atoms with Crippen molar-refractivity contribution in [2.75, 3.05) is 47.5 Å². The molecule has 0 rings (SSSR count). The molecule has 0 aliphatic heterocycles. The summed E-state index contributed by atoms with van der Waals surface area (Å²) in [4.78, 5) is 37.4. The van der Waals surface area contributed by atoms with E-state index in [1.807, 2.05) is 21.1 Å². The summed E-state index contributed by atoms with van der Waals surface area (Å²) in [6, 6.07) is 0. The predicted molar refractivity (Wildman–Crippen MR) is 343 cm³/mol. The molecular formula is C72H119NO8. The molecule has 460 valence electrons. The summed E-state index contributed by atoms with van der Waals surface area (Å²) in [6.07, 6.45) is 85.0. The number of esters is 2. The summed E-state index contributed by atoms with van der Waals surface area (Å²) in [6.45, 7) is 4.51. The Bertz CT molecular complexity index is 1790. The molecule has 81 heavy (non-hydrogen) atoms. The molecule has 9 heteroatoms. The standard InChI is InChI=1S/C72H119NO8/c1-6-8-10-12-14-16-18-20-22-24-26-28-30-32-34-35-37-38-40-42-44-46-48-50-52-54-56-58-60-62-69(74)79-66-68(67-80-72(71(76)77)78-65-64-73(3,4)5)81-70(75)63-61-59-57-55-53-51-49-47-45-43-41-39-36-33-31-29-27-25-23-21-19-17-15-13-11-9-7-2/h8-11,14-17,20-23,26-29,32-34,36,41,43,68,72H,6-7,12-13,18-19,24-25,30-31,35,37-40,42,44-67H2,1-5H3/b10-8-,11-9-,16-14-,17-15-,22-20-,23-21-,28-26-,29-27-,34-32-,36-33-,43-41-. The number of ether oxygens (including phenoxy) is 4. The van der Waals surface area contributed by atoms with Gasteiger partial charge in [0.05, 0.1) is 40.3 Å². The van der Waals surface area contributed by atoms with Gasteiger partial charge in [-0.25, -0.2) is 0 Å². The molecule has 0 aromatic heterocycles. The molecule has 0 bridgehead atoms. The van der Waals surface area contributed by atoms with Gasteiger partial charge in [0.1, 0.15) is 13.2 Å². The Labute approximate surface area is 497 Å². The van der Waals surface area contributed by atoms with Gasteiger partial charge in [-0.05, 0) is 109 Å². The lowest BCUT2D eigenvalue weighted by Gasteiger charge is -2.26. The fraction of sp³-hybridized carbons (Fsp3) is 0.653. The van der Waals surface area contributed by atoms with Crippen molar-refractivity contribution in [2.24, 2.45) is 0 Å². The first kappa shape index (κ1) is 76.4. The van der Waals surface area contributed by atoms with Crippen LogP contribution in [0.2, 0.25) is 0 Å². The third-order valence-corrected chi connectivity index (χ3v) is 13.4. The van der Waals surface area contributed by atoms with E-state index in [-0.39, 0.29) is 38.6 Å². The molecule has 0 saturated carbocycles. The van der Waals surface area contributed by atoms with Crippen LogP contribution in [0.1, 0.15) is 245 Å². The third kappa shape index (κ3) is 62.9. The SMILES string of the molecule is CC/C=C\C/C=C\C/C=C\C/C=C\C/C=C\C/C=C\CCCCCCCCCCC(=O)OC(COC(=O)CCCCCCCCCCCCCCC/C=C\C/C=C\C/C=C\C/C=C\C/C=C\CC)COC(OCC[N+](C)(C)C)C(=O)[O-]. The van der Waals surface area contributed by atoms with E-state index >= 15 is 0 Å². The molecule has 0 N–H and O–H groups in total. The van der Waals surface area contributed by atoms with Gasteiger partial charge in [-0.2, -0.15) is 0 Å². The summed E-state index contributed by atoms with van der Waals surface area (Å²) in [7, 11) is 5.92. The molecule has 0 aromatic rings. The first-order valence-corrected chi connectivity index (χ1v) is 32.3. The summed E-state index contributed by atoms with van der Waals surface area (Å²) in [5.74, 6) is -2.30. The first-order valence-electron chi connectivity index (χ1n) is 32.3. The molecule has 0 aromatic carbocycles. The van der Waals surface area contributed by atoms with Gasteiger partial charge in [-0.1, -0.05) is 257 Å². The zero-order valence-corrected chi connectivity index (χ0v) is 52.4. The lowest BCUT2D eigenvalue weighted by Crippen LogP contribution is -2.44. The van der Waals surface area contributed by atoms with Crippen LogP contribution in [0, 0.1) is 0 Å². The quantitative estimate of drug-likeness (QED) is 0.0195. The van der Waals surface area contributed by atoms with Crippen LogP contribution in [0.3, 0.4) is 0 Å². The minimum atomic E-state index is -1.63. The number of carboxylic acid groups (broad SMARTS) is 1. The zero-order chi connectivity index (χ0) is 59.1. The highest BCUT2D eigenvalue weighted by atomic mass is 16.7. The van der Waals surface area contributed by atoms with Crippen LogP contribution in [0.25, 0.3) is 0 Å². The van der Waals surface area contributed by atoms with Crippen LogP contribution < -0.4 is 5.11 Å². The van der Waals surface area contributed by atoms with Crippen molar-refractivity contribution >= 4 is 17.9 Å². The zero-order valence-electron chi connectivity index (χ0n) is 52.4. The number of likely N-dealkylation sites (N-methyl/N-ethyl adjacent to an activating group) is 1. The highest BCUT2D eigenvalue weighted by Crippen LogP contribution is 2.16. The van der Waals surface area contributed by atoms with Gasteiger partial charge in [0.25, 0.3) is 0 Å². The number of allylic oxidation sites excluding steroid dienone is 22. The van der Waals surface area contributed by atoms with Crippen LogP contribution in [-0.4, -0.2) is 82.3 Å². The van der Waals surface area contributed by atoms with E-state index in [0.29, 0.717) is 17.4 Å². The largest absolute Gasteiger partial charge is 0.545 e. The number of quaternary nitrogens is 1. The summed E-state index contributed by atoms with van der Waals surface area (Å²) in [5, 5.41) is 11.8. The molecule has 0 saturated heterocycles.